The Morgan fingerprint density at radius 3 is 2.82 bits per heavy atom. The van der Waals surface area contributed by atoms with Gasteiger partial charge in [0, 0.05) is 10.8 Å². The summed E-state index contributed by atoms with van der Waals surface area (Å²) in [5, 5.41) is 2.36. The Morgan fingerprint density at radius 1 is 1.53 bits per heavy atom. The van der Waals surface area contributed by atoms with Crippen LogP contribution >= 0.6 is 23.4 Å². The van der Waals surface area contributed by atoms with Gasteiger partial charge in [-0.15, -0.1) is 11.8 Å². The van der Waals surface area contributed by atoms with E-state index in [-0.39, 0.29) is 11.2 Å². The SMILES string of the molecule is C[C@H](SCc1cccc(Cl)c1)C(=O)NC(N)=O. The van der Waals surface area contributed by atoms with Gasteiger partial charge in [-0.1, -0.05) is 23.7 Å². The second-order valence-corrected chi connectivity index (χ2v) is 5.20. The lowest BCUT2D eigenvalue weighted by molar-refractivity contribution is -0.119. The minimum absolute atomic E-state index is 0.346. The molecule has 3 N–H and O–H groups in total. The maximum atomic E-state index is 11.4. The Morgan fingerprint density at radius 2 is 2.24 bits per heavy atom. The lowest BCUT2D eigenvalue weighted by Gasteiger charge is -2.09. The zero-order valence-corrected chi connectivity index (χ0v) is 10.8. The molecule has 0 bridgehead atoms. The first-order valence-corrected chi connectivity index (χ1v) is 6.38. The highest BCUT2D eigenvalue weighted by Gasteiger charge is 2.14. The molecule has 4 nitrogen and oxygen atoms in total. The molecule has 0 aliphatic heterocycles. The fraction of sp³-hybridized carbons (Fsp3) is 0.273. The zero-order chi connectivity index (χ0) is 12.8. The van der Waals surface area contributed by atoms with Crippen molar-refractivity contribution in [3.63, 3.8) is 0 Å². The van der Waals surface area contributed by atoms with Crippen LogP contribution in [0.5, 0.6) is 0 Å². The molecule has 17 heavy (non-hydrogen) atoms. The summed E-state index contributed by atoms with van der Waals surface area (Å²) in [4.78, 5) is 21.9. The van der Waals surface area contributed by atoms with Gasteiger partial charge in [0.2, 0.25) is 5.91 Å². The molecule has 1 atom stereocenters. The highest BCUT2D eigenvalue weighted by Crippen LogP contribution is 2.20. The lowest BCUT2D eigenvalue weighted by atomic mass is 10.2. The number of urea groups is 1. The second kappa shape index (κ2) is 6.51. The number of primary amides is 1. The quantitative estimate of drug-likeness (QED) is 0.882. The van der Waals surface area contributed by atoms with Crippen LogP contribution in [0.3, 0.4) is 0 Å². The van der Waals surface area contributed by atoms with Crippen molar-refractivity contribution in [2.45, 2.75) is 17.9 Å². The Bertz CT molecular complexity index is 426. The normalized spacial score (nSPS) is 11.9. The Hall–Kier alpha value is -1.20. The number of carbonyl (C=O) groups excluding carboxylic acids is 2. The minimum Gasteiger partial charge on any atom is -0.351 e. The number of carbonyl (C=O) groups is 2. The van der Waals surface area contributed by atoms with Crippen molar-refractivity contribution in [3.05, 3.63) is 34.9 Å². The van der Waals surface area contributed by atoms with Crippen molar-refractivity contribution in [2.24, 2.45) is 5.73 Å². The first-order chi connectivity index (χ1) is 7.99. The van der Waals surface area contributed by atoms with E-state index < -0.39 is 6.03 Å². The third kappa shape index (κ3) is 5.10. The number of nitrogens with one attached hydrogen (secondary N) is 1. The van der Waals surface area contributed by atoms with Crippen molar-refractivity contribution >= 4 is 35.3 Å². The summed E-state index contributed by atoms with van der Waals surface area (Å²) in [6, 6.07) is 6.58. The number of hydrogen-bond donors (Lipinski definition) is 2. The molecule has 0 saturated carbocycles. The Kier molecular flexibility index (Phi) is 5.31. The summed E-state index contributed by atoms with van der Waals surface area (Å²) in [5.74, 6) is 0.262. The molecule has 0 aromatic heterocycles. The predicted octanol–water partition coefficient (Wildman–Crippen LogP) is 2.16. The van der Waals surface area contributed by atoms with Crippen LogP contribution in [0.4, 0.5) is 4.79 Å². The minimum atomic E-state index is -0.829. The summed E-state index contributed by atoms with van der Waals surface area (Å²) in [5.41, 5.74) is 5.89. The topological polar surface area (TPSA) is 72.2 Å². The number of amides is 3. The number of imide groups is 1. The largest absolute Gasteiger partial charge is 0.351 e. The highest BCUT2D eigenvalue weighted by molar-refractivity contribution is 7.99. The first-order valence-electron chi connectivity index (χ1n) is 4.95. The predicted molar refractivity (Wildman–Crippen MR) is 69.9 cm³/mol. The van der Waals surface area contributed by atoms with E-state index in [1.807, 2.05) is 23.5 Å². The highest BCUT2D eigenvalue weighted by atomic mass is 35.5. The van der Waals surface area contributed by atoms with Gasteiger partial charge in [0.15, 0.2) is 0 Å². The van der Waals surface area contributed by atoms with Crippen molar-refractivity contribution in [2.75, 3.05) is 0 Å². The number of rotatable bonds is 4. The van der Waals surface area contributed by atoms with E-state index in [2.05, 4.69) is 0 Å². The van der Waals surface area contributed by atoms with Crippen LogP contribution in [0.25, 0.3) is 0 Å². The van der Waals surface area contributed by atoms with Crippen LogP contribution in [0.2, 0.25) is 5.02 Å². The summed E-state index contributed by atoms with van der Waals surface area (Å²) in [6.45, 7) is 1.72. The Labute approximate surface area is 109 Å². The van der Waals surface area contributed by atoms with Gasteiger partial charge in [0.1, 0.15) is 0 Å². The molecule has 0 aliphatic rings. The third-order valence-electron chi connectivity index (χ3n) is 2.00. The molecule has 0 aliphatic carbocycles. The van der Waals surface area contributed by atoms with E-state index in [1.165, 1.54) is 11.8 Å². The van der Waals surface area contributed by atoms with E-state index in [0.717, 1.165) is 5.56 Å². The summed E-state index contributed by atoms with van der Waals surface area (Å²) >= 11 is 7.25. The van der Waals surface area contributed by atoms with Gasteiger partial charge in [-0.25, -0.2) is 4.79 Å². The van der Waals surface area contributed by atoms with Gasteiger partial charge < -0.3 is 5.73 Å². The Balaban J connectivity index is 2.45. The monoisotopic (exact) mass is 272 g/mol. The van der Waals surface area contributed by atoms with E-state index >= 15 is 0 Å². The standard InChI is InChI=1S/C11H13ClN2O2S/c1-7(10(15)14-11(13)16)17-6-8-3-2-4-9(12)5-8/h2-5,7H,6H2,1H3,(H3,13,14,15,16)/t7-/m0/s1. The molecular weight excluding hydrogens is 260 g/mol. The molecule has 0 fully saturated rings. The zero-order valence-electron chi connectivity index (χ0n) is 9.27. The van der Waals surface area contributed by atoms with Crippen LogP contribution in [0.1, 0.15) is 12.5 Å². The number of halogens is 1. The van der Waals surface area contributed by atoms with Gasteiger partial charge in [-0.3, -0.25) is 10.1 Å². The van der Waals surface area contributed by atoms with Crippen LogP contribution in [0.15, 0.2) is 24.3 Å². The van der Waals surface area contributed by atoms with Gasteiger partial charge in [-0.2, -0.15) is 0 Å². The van der Waals surface area contributed by atoms with Crippen molar-refractivity contribution < 1.29 is 9.59 Å². The molecule has 0 heterocycles. The molecule has 0 saturated heterocycles. The van der Waals surface area contributed by atoms with Crippen LogP contribution in [-0.4, -0.2) is 17.2 Å². The molecule has 0 spiro atoms. The lowest BCUT2D eigenvalue weighted by Crippen LogP contribution is -2.39. The van der Waals surface area contributed by atoms with Crippen molar-refractivity contribution in [1.29, 1.82) is 0 Å². The fourth-order valence-corrected chi connectivity index (χ4v) is 2.19. The molecule has 1 aromatic rings. The number of hydrogen-bond acceptors (Lipinski definition) is 3. The molecular formula is C11H13ClN2O2S. The molecule has 92 valence electrons. The summed E-state index contributed by atoms with van der Waals surface area (Å²) in [6.07, 6.45) is 0. The van der Waals surface area contributed by atoms with Crippen LogP contribution in [-0.2, 0) is 10.5 Å². The first kappa shape index (κ1) is 13.9. The van der Waals surface area contributed by atoms with Crippen LogP contribution < -0.4 is 11.1 Å². The van der Waals surface area contributed by atoms with E-state index in [0.29, 0.717) is 10.8 Å². The van der Waals surface area contributed by atoms with Crippen molar-refractivity contribution in [3.8, 4) is 0 Å². The van der Waals surface area contributed by atoms with Gasteiger partial charge in [0.05, 0.1) is 5.25 Å². The van der Waals surface area contributed by atoms with Gasteiger partial charge in [-0.05, 0) is 24.6 Å². The average molecular weight is 273 g/mol. The molecule has 1 aromatic carbocycles. The average Bonchev–Trinajstić information content (AvgIpc) is 2.25. The maximum Gasteiger partial charge on any atom is 0.318 e. The summed E-state index contributed by atoms with van der Waals surface area (Å²) < 4.78 is 0. The van der Waals surface area contributed by atoms with Crippen LogP contribution in [0, 0.1) is 0 Å². The number of thioether (sulfide) groups is 1. The molecule has 0 radical (unpaired) electrons. The molecule has 0 unspecified atom stereocenters. The summed E-state index contributed by atoms with van der Waals surface area (Å²) in [7, 11) is 0. The van der Waals surface area contributed by atoms with Gasteiger partial charge >= 0.3 is 6.03 Å². The second-order valence-electron chi connectivity index (χ2n) is 3.44. The molecule has 6 heteroatoms. The van der Waals surface area contributed by atoms with E-state index in [4.69, 9.17) is 17.3 Å². The van der Waals surface area contributed by atoms with Crippen molar-refractivity contribution in [1.82, 2.24) is 5.32 Å². The molecule has 1 rings (SSSR count). The fourth-order valence-electron chi connectivity index (χ4n) is 1.15. The van der Waals surface area contributed by atoms with Gasteiger partial charge in [0.25, 0.3) is 0 Å². The number of nitrogens with two attached hydrogens (primary N) is 1. The maximum absolute atomic E-state index is 11.4. The number of benzene rings is 1. The van der Waals surface area contributed by atoms with E-state index in [9.17, 15) is 9.59 Å². The smallest absolute Gasteiger partial charge is 0.318 e. The molecule has 3 amide bonds. The van der Waals surface area contributed by atoms with E-state index in [1.54, 1.807) is 13.0 Å². The third-order valence-corrected chi connectivity index (χ3v) is 3.45.